The van der Waals surface area contributed by atoms with Crippen molar-refractivity contribution in [3.63, 3.8) is 0 Å². The Morgan fingerprint density at radius 1 is 1.06 bits per heavy atom. The molecule has 1 aromatic carbocycles. The SMILES string of the molecule is COc1c(O)c(C=O)c(Br)c(OC)c1OC. The van der Waals surface area contributed by atoms with E-state index in [-0.39, 0.29) is 22.8 Å². The first-order valence-electron chi connectivity index (χ1n) is 4.27. The molecule has 1 rings (SSSR count). The molecule has 0 aliphatic heterocycles. The summed E-state index contributed by atoms with van der Waals surface area (Å²) in [6.07, 6.45) is 0.504. The van der Waals surface area contributed by atoms with Gasteiger partial charge in [-0.25, -0.2) is 0 Å². The van der Waals surface area contributed by atoms with Crippen LogP contribution in [0.2, 0.25) is 0 Å². The maximum absolute atomic E-state index is 10.8. The lowest BCUT2D eigenvalue weighted by atomic mass is 10.1. The molecule has 0 heterocycles. The lowest BCUT2D eigenvalue weighted by Crippen LogP contribution is -1.99. The minimum Gasteiger partial charge on any atom is -0.504 e. The second kappa shape index (κ2) is 5.07. The van der Waals surface area contributed by atoms with Crippen LogP contribution in [-0.2, 0) is 0 Å². The molecular formula is C10H11BrO5. The quantitative estimate of drug-likeness (QED) is 0.859. The minimum atomic E-state index is -0.290. The smallest absolute Gasteiger partial charge is 0.208 e. The van der Waals surface area contributed by atoms with Crippen LogP contribution in [0.15, 0.2) is 4.47 Å². The molecule has 5 nitrogen and oxygen atoms in total. The van der Waals surface area contributed by atoms with Crippen LogP contribution in [0.3, 0.4) is 0 Å². The van der Waals surface area contributed by atoms with Crippen molar-refractivity contribution in [3.05, 3.63) is 10.0 Å². The molecule has 0 fully saturated rings. The van der Waals surface area contributed by atoms with E-state index in [4.69, 9.17) is 14.2 Å². The van der Waals surface area contributed by atoms with Gasteiger partial charge in [-0.1, -0.05) is 0 Å². The van der Waals surface area contributed by atoms with Gasteiger partial charge in [0.25, 0.3) is 0 Å². The van der Waals surface area contributed by atoms with E-state index < -0.39 is 0 Å². The zero-order valence-electron chi connectivity index (χ0n) is 9.04. The minimum absolute atomic E-state index is 0.0505. The van der Waals surface area contributed by atoms with Gasteiger partial charge in [0.15, 0.2) is 17.8 Å². The number of carbonyl (C=O) groups is 1. The first-order valence-corrected chi connectivity index (χ1v) is 5.07. The zero-order valence-corrected chi connectivity index (χ0v) is 10.6. The van der Waals surface area contributed by atoms with Gasteiger partial charge in [0.1, 0.15) is 0 Å². The molecule has 0 saturated heterocycles. The van der Waals surface area contributed by atoms with E-state index >= 15 is 0 Å². The largest absolute Gasteiger partial charge is 0.504 e. The number of ether oxygens (including phenoxy) is 3. The van der Waals surface area contributed by atoms with Gasteiger partial charge in [0.2, 0.25) is 11.5 Å². The van der Waals surface area contributed by atoms with Crippen LogP contribution in [0.25, 0.3) is 0 Å². The van der Waals surface area contributed by atoms with Gasteiger partial charge < -0.3 is 19.3 Å². The standard InChI is InChI=1S/C10H11BrO5/c1-14-8-6(11)5(4-12)7(13)9(15-2)10(8)16-3/h4,13H,1-3H3. The Kier molecular flexibility index (Phi) is 4.00. The number of hydrogen-bond acceptors (Lipinski definition) is 5. The molecule has 0 radical (unpaired) electrons. The fourth-order valence-corrected chi connectivity index (χ4v) is 1.95. The summed E-state index contributed by atoms with van der Waals surface area (Å²) in [6.45, 7) is 0. The summed E-state index contributed by atoms with van der Waals surface area (Å²) in [6, 6.07) is 0. The number of rotatable bonds is 4. The molecule has 1 aromatic rings. The summed E-state index contributed by atoms with van der Waals surface area (Å²) < 4.78 is 15.4. The molecule has 6 heteroatoms. The van der Waals surface area contributed by atoms with Crippen molar-refractivity contribution in [2.45, 2.75) is 0 Å². The highest BCUT2D eigenvalue weighted by Crippen LogP contribution is 2.50. The summed E-state index contributed by atoms with van der Waals surface area (Å²) in [5, 5.41) is 9.78. The number of aldehydes is 1. The Balaban J connectivity index is 3.67. The molecule has 0 bridgehead atoms. The van der Waals surface area contributed by atoms with E-state index in [0.29, 0.717) is 16.5 Å². The van der Waals surface area contributed by atoms with Crippen molar-refractivity contribution in [3.8, 4) is 23.0 Å². The monoisotopic (exact) mass is 290 g/mol. The Bertz CT molecular complexity index is 385. The van der Waals surface area contributed by atoms with Gasteiger partial charge in [-0.2, -0.15) is 0 Å². The van der Waals surface area contributed by atoms with Crippen LogP contribution in [0, 0.1) is 0 Å². The number of phenols is 1. The Hall–Kier alpha value is -1.43. The third-order valence-corrected chi connectivity index (χ3v) is 2.84. The Labute approximate surface area is 101 Å². The average Bonchev–Trinajstić information content (AvgIpc) is 2.29. The molecule has 0 aromatic heterocycles. The number of hydrogen-bond donors (Lipinski definition) is 1. The first-order chi connectivity index (χ1) is 7.62. The van der Waals surface area contributed by atoms with E-state index in [2.05, 4.69) is 15.9 Å². The number of benzene rings is 1. The maximum Gasteiger partial charge on any atom is 0.208 e. The van der Waals surface area contributed by atoms with Gasteiger partial charge in [-0.3, -0.25) is 4.79 Å². The lowest BCUT2D eigenvalue weighted by molar-refractivity contribution is 0.111. The molecule has 0 aliphatic carbocycles. The van der Waals surface area contributed by atoms with Crippen molar-refractivity contribution in [1.82, 2.24) is 0 Å². The molecule has 0 atom stereocenters. The number of methoxy groups -OCH3 is 3. The van der Waals surface area contributed by atoms with E-state index in [1.54, 1.807) is 0 Å². The van der Waals surface area contributed by atoms with E-state index in [1.165, 1.54) is 21.3 Å². The Morgan fingerprint density at radius 2 is 1.56 bits per heavy atom. The van der Waals surface area contributed by atoms with E-state index in [1.807, 2.05) is 0 Å². The highest BCUT2D eigenvalue weighted by Gasteiger charge is 2.24. The average molecular weight is 291 g/mol. The van der Waals surface area contributed by atoms with Crippen molar-refractivity contribution < 1.29 is 24.1 Å². The number of phenolic OH excluding ortho intramolecular Hbond substituents is 1. The molecule has 0 unspecified atom stereocenters. The second-order valence-electron chi connectivity index (χ2n) is 2.79. The summed E-state index contributed by atoms with van der Waals surface area (Å²) in [5.41, 5.74) is 0.0505. The molecule has 0 spiro atoms. The van der Waals surface area contributed by atoms with Gasteiger partial charge in [-0.15, -0.1) is 0 Å². The van der Waals surface area contributed by atoms with Crippen LogP contribution < -0.4 is 14.2 Å². The highest BCUT2D eigenvalue weighted by atomic mass is 79.9. The van der Waals surface area contributed by atoms with E-state index in [0.717, 1.165) is 0 Å². The van der Waals surface area contributed by atoms with Crippen molar-refractivity contribution in [2.24, 2.45) is 0 Å². The van der Waals surface area contributed by atoms with Crippen molar-refractivity contribution in [2.75, 3.05) is 21.3 Å². The van der Waals surface area contributed by atoms with Crippen LogP contribution in [-0.4, -0.2) is 32.7 Å². The topological polar surface area (TPSA) is 65.0 Å². The predicted molar refractivity (Wildman–Crippen MR) is 60.9 cm³/mol. The third kappa shape index (κ3) is 1.80. The normalized spacial score (nSPS) is 9.75. The molecule has 88 valence electrons. The summed E-state index contributed by atoms with van der Waals surface area (Å²) in [4.78, 5) is 10.8. The molecule has 16 heavy (non-hydrogen) atoms. The van der Waals surface area contributed by atoms with Gasteiger partial charge in [0, 0.05) is 0 Å². The van der Waals surface area contributed by atoms with Crippen LogP contribution in [0.4, 0.5) is 0 Å². The zero-order chi connectivity index (χ0) is 12.3. The van der Waals surface area contributed by atoms with E-state index in [9.17, 15) is 9.90 Å². The number of halogens is 1. The summed E-state index contributed by atoms with van der Waals surface area (Å²) >= 11 is 3.16. The Morgan fingerprint density at radius 3 is 1.94 bits per heavy atom. The highest BCUT2D eigenvalue weighted by molar-refractivity contribution is 9.10. The first kappa shape index (κ1) is 12.6. The predicted octanol–water partition coefficient (Wildman–Crippen LogP) is 1.99. The van der Waals surface area contributed by atoms with Crippen LogP contribution in [0.1, 0.15) is 10.4 Å². The molecule has 0 saturated carbocycles. The second-order valence-corrected chi connectivity index (χ2v) is 3.59. The van der Waals surface area contributed by atoms with Gasteiger partial charge >= 0.3 is 0 Å². The molecular weight excluding hydrogens is 280 g/mol. The lowest BCUT2D eigenvalue weighted by Gasteiger charge is -2.16. The number of carbonyl (C=O) groups excluding carboxylic acids is 1. The van der Waals surface area contributed by atoms with Crippen LogP contribution >= 0.6 is 15.9 Å². The molecule has 1 N–H and O–H groups in total. The fourth-order valence-electron chi connectivity index (χ4n) is 1.32. The third-order valence-electron chi connectivity index (χ3n) is 2.05. The van der Waals surface area contributed by atoms with Crippen molar-refractivity contribution in [1.29, 1.82) is 0 Å². The van der Waals surface area contributed by atoms with Gasteiger partial charge in [0.05, 0.1) is 31.4 Å². The summed E-state index contributed by atoms with van der Waals surface area (Å²) in [5.74, 6) is 0.283. The van der Waals surface area contributed by atoms with Crippen molar-refractivity contribution >= 4 is 22.2 Å². The molecule has 0 aliphatic rings. The molecule has 0 amide bonds. The van der Waals surface area contributed by atoms with Gasteiger partial charge in [-0.05, 0) is 15.9 Å². The maximum atomic E-state index is 10.8. The fraction of sp³-hybridized carbons (Fsp3) is 0.300. The number of aromatic hydroxyl groups is 1. The summed E-state index contributed by atoms with van der Waals surface area (Å²) in [7, 11) is 4.19. The van der Waals surface area contributed by atoms with Crippen LogP contribution in [0.5, 0.6) is 23.0 Å².